The van der Waals surface area contributed by atoms with E-state index in [0.29, 0.717) is 0 Å². The molecule has 1 heterocycles. The van der Waals surface area contributed by atoms with Crippen molar-refractivity contribution in [1.82, 2.24) is 4.57 Å². The van der Waals surface area contributed by atoms with Gasteiger partial charge in [0, 0.05) is 38.9 Å². The van der Waals surface area contributed by atoms with Gasteiger partial charge in [-0.25, -0.2) is 0 Å². The van der Waals surface area contributed by atoms with Crippen LogP contribution in [0.4, 0.5) is 17.1 Å². The molecule has 82 heavy (non-hydrogen) atoms. The lowest BCUT2D eigenvalue weighted by atomic mass is 9.68. The van der Waals surface area contributed by atoms with E-state index in [1.807, 2.05) is 0 Å². The van der Waals surface area contributed by atoms with Crippen LogP contribution in [0.2, 0.25) is 0 Å². The molecule has 2 heteroatoms. The average Bonchev–Trinajstić information content (AvgIpc) is 4.28. The van der Waals surface area contributed by atoms with E-state index in [0.717, 1.165) is 17.1 Å². The summed E-state index contributed by atoms with van der Waals surface area (Å²) in [6.45, 7) is 4.80. The summed E-state index contributed by atoms with van der Waals surface area (Å²) >= 11 is 0. The van der Waals surface area contributed by atoms with Crippen molar-refractivity contribution in [3.63, 3.8) is 0 Å². The van der Waals surface area contributed by atoms with Crippen LogP contribution in [0, 0.1) is 0 Å². The van der Waals surface area contributed by atoms with Crippen LogP contribution in [0.15, 0.2) is 303 Å². The van der Waals surface area contributed by atoms with Crippen molar-refractivity contribution >= 4 is 49.6 Å². The minimum absolute atomic E-state index is 0.246. The molecule has 16 rings (SSSR count). The monoisotopic (exact) mass is 1040 g/mol. The van der Waals surface area contributed by atoms with E-state index in [2.05, 4.69) is 327 Å². The van der Waals surface area contributed by atoms with Crippen LogP contribution in [0.25, 0.3) is 93.9 Å². The fourth-order valence-corrected chi connectivity index (χ4v) is 14.1. The predicted octanol–water partition coefficient (Wildman–Crippen LogP) is 21.1. The Morgan fingerprint density at radius 2 is 0.756 bits per heavy atom. The van der Waals surface area contributed by atoms with E-state index in [1.54, 1.807) is 0 Å². The van der Waals surface area contributed by atoms with Crippen LogP contribution in [0.5, 0.6) is 0 Å². The summed E-state index contributed by atoms with van der Waals surface area (Å²) in [5.41, 5.74) is 26.3. The summed E-state index contributed by atoms with van der Waals surface area (Å²) in [5, 5.41) is 5.03. The molecule has 0 saturated heterocycles. The molecule has 0 N–H and O–H groups in total. The zero-order valence-corrected chi connectivity index (χ0v) is 45.8. The Kier molecular flexibility index (Phi) is 10.9. The smallest absolute Gasteiger partial charge is 0.0713 e. The molecule has 0 unspecified atom stereocenters. The highest BCUT2D eigenvalue weighted by Gasteiger charge is 2.46. The molecule has 0 spiro atoms. The number of anilines is 3. The van der Waals surface area contributed by atoms with Gasteiger partial charge in [-0.15, -0.1) is 0 Å². The van der Waals surface area contributed by atoms with Crippen LogP contribution in [0.1, 0.15) is 47.2 Å². The molecule has 0 atom stereocenters. The quantitative estimate of drug-likeness (QED) is 0.140. The third kappa shape index (κ3) is 7.35. The van der Waals surface area contributed by atoms with Gasteiger partial charge in [0.2, 0.25) is 0 Å². The number of para-hydroxylation sites is 2. The van der Waals surface area contributed by atoms with E-state index < -0.39 is 5.41 Å². The first kappa shape index (κ1) is 47.7. The molecule has 0 radical (unpaired) electrons. The topological polar surface area (TPSA) is 8.17 Å². The first-order valence-electron chi connectivity index (χ1n) is 28.6. The van der Waals surface area contributed by atoms with Crippen LogP contribution < -0.4 is 4.90 Å². The molecule has 14 aromatic rings. The van der Waals surface area contributed by atoms with Gasteiger partial charge in [-0.1, -0.05) is 238 Å². The fraction of sp³-hybridized carbons (Fsp3) is 0.0500. The second-order valence-electron chi connectivity index (χ2n) is 22.8. The number of fused-ring (bicyclic) bond motifs is 10. The van der Waals surface area contributed by atoms with Crippen molar-refractivity contribution in [3.8, 4) is 61.3 Å². The molecule has 0 bridgehead atoms. The Morgan fingerprint density at radius 1 is 0.280 bits per heavy atom. The standard InChI is InChI=1S/C80H56N2/c1-79(2)75-50-60(58-35-34-53-18-12-13-19-57(53)48-58)38-44-68(75)69-45-42-66(52-76(69)79)81(65-43-46-74-71(51-65)67-26-14-16-28-73(67)80(74,61-20-6-3-7-21-61)62-22-8-4-9-23-62)64-40-36-55(37-41-64)54-30-32-56(33-31-54)59-39-47-78-72(49-59)70-27-15-17-29-77(70)82(78)63-24-10-5-11-25-63/h3-52H,1-2H3. The maximum absolute atomic E-state index is 2.48. The van der Waals surface area contributed by atoms with Crippen molar-refractivity contribution in [2.45, 2.75) is 24.7 Å². The molecule has 386 valence electrons. The summed E-state index contributed by atoms with van der Waals surface area (Å²) in [7, 11) is 0. The molecule has 0 saturated carbocycles. The molecule has 2 aliphatic rings. The third-order valence-electron chi connectivity index (χ3n) is 18.1. The molecular weight excluding hydrogens is 989 g/mol. The molecule has 0 fully saturated rings. The van der Waals surface area contributed by atoms with Crippen molar-refractivity contribution < 1.29 is 0 Å². The summed E-state index contributed by atoms with van der Waals surface area (Å²) in [4.78, 5) is 2.48. The number of rotatable bonds is 9. The number of nitrogens with zero attached hydrogens (tertiary/aromatic N) is 2. The van der Waals surface area contributed by atoms with E-state index in [9.17, 15) is 0 Å². The van der Waals surface area contributed by atoms with E-state index >= 15 is 0 Å². The lowest BCUT2D eigenvalue weighted by molar-refractivity contribution is 0.660. The molecule has 13 aromatic carbocycles. The van der Waals surface area contributed by atoms with E-state index in [1.165, 1.54) is 127 Å². The van der Waals surface area contributed by atoms with Crippen LogP contribution in [-0.4, -0.2) is 4.57 Å². The van der Waals surface area contributed by atoms with E-state index in [-0.39, 0.29) is 5.41 Å². The SMILES string of the molecule is CC1(C)c2cc(-c3ccc4ccccc4c3)ccc2-c2ccc(N(c3ccc(-c4ccc(-c5ccc6c(c5)c5ccccc5n6-c5ccccc5)cc4)cc3)c3ccc4c(c3)-c3ccccc3C4(c3ccccc3)c3ccccc3)cc21. The number of benzene rings is 13. The number of hydrogen-bond donors (Lipinski definition) is 0. The van der Waals surface area contributed by atoms with Gasteiger partial charge < -0.3 is 9.47 Å². The average molecular weight is 1050 g/mol. The van der Waals surface area contributed by atoms with Gasteiger partial charge in [0.1, 0.15) is 0 Å². The van der Waals surface area contributed by atoms with Gasteiger partial charge >= 0.3 is 0 Å². The summed E-state index contributed by atoms with van der Waals surface area (Å²) in [6.07, 6.45) is 0. The minimum atomic E-state index is -0.486. The van der Waals surface area contributed by atoms with Crippen LogP contribution >= 0.6 is 0 Å². The van der Waals surface area contributed by atoms with Gasteiger partial charge in [0.25, 0.3) is 0 Å². The molecular formula is C80H56N2. The Morgan fingerprint density at radius 3 is 1.50 bits per heavy atom. The second-order valence-corrected chi connectivity index (χ2v) is 22.8. The largest absolute Gasteiger partial charge is 0.310 e. The molecule has 1 aromatic heterocycles. The third-order valence-corrected chi connectivity index (χ3v) is 18.1. The Balaban J connectivity index is 0.797. The zero-order chi connectivity index (χ0) is 54.5. The second kappa shape index (κ2) is 18.7. The number of hydrogen-bond acceptors (Lipinski definition) is 1. The Labute approximate surface area is 479 Å². The molecule has 2 aliphatic carbocycles. The lowest BCUT2D eigenvalue weighted by Gasteiger charge is -2.34. The van der Waals surface area contributed by atoms with Crippen molar-refractivity contribution in [2.75, 3.05) is 4.90 Å². The van der Waals surface area contributed by atoms with Crippen molar-refractivity contribution in [1.29, 1.82) is 0 Å². The van der Waals surface area contributed by atoms with Gasteiger partial charge in [0.15, 0.2) is 0 Å². The van der Waals surface area contributed by atoms with Crippen LogP contribution in [0.3, 0.4) is 0 Å². The Hall–Kier alpha value is -10.3. The minimum Gasteiger partial charge on any atom is -0.310 e. The lowest BCUT2D eigenvalue weighted by Crippen LogP contribution is -2.28. The van der Waals surface area contributed by atoms with E-state index in [4.69, 9.17) is 0 Å². The highest BCUT2D eigenvalue weighted by atomic mass is 15.1. The highest BCUT2D eigenvalue weighted by molar-refractivity contribution is 6.10. The van der Waals surface area contributed by atoms with Gasteiger partial charge in [-0.3, -0.25) is 0 Å². The normalized spacial score (nSPS) is 13.4. The summed E-state index contributed by atoms with van der Waals surface area (Å²) < 4.78 is 2.38. The maximum atomic E-state index is 2.48. The molecule has 2 nitrogen and oxygen atoms in total. The molecule has 0 amide bonds. The summed E-state index contributed by atoms with van der Waals surface area (Å²) in [6, 6.07) is 113. The first-order valence-corrected chi connectivity index (χ1v) is 28.6. The van der Waals surface area contributed by atoms with Crippen LogP contribution in [-0.2, 0) is 10.8 Å². The Bertz CT molecular complexity index is 4760. The van der Waals surface area contributed by atoms with Gasteiger partial charge in [0.05, 0.1) is 16.4 Å². The van der Waals surface area contributed by atoms with Gasteiger partial charge in [-0.2, -0.15) is 0 Å². The molecule has 0 aliphatic heterocycles. The zero-order valence-electron chi connectivity index (χ0n) is 45.8. The van der Waals surface area contributed by atoms with Gasteiger partial charge in [-0.05, 0) is 179 Å². The summed E-state index contributed by atoms with van der Waals surface area (Å²) in [5.74, 6) is 0. The van der Waals surface area contributed by atoms with Crippen molar-refractivity contribution in [3.05, 3.63) is 337 Å². The maximum Gasteiger partial charge on any atom is 0.0713 e. The van der Waals surface area contributed by atoms with Crippen molar-refractivity contribution in [2.24, 2.45) is 0 Å². The first-order chi connectivity index (χ1) is 40.4. The number of aromatic nitrogens is 1. The predicted molar refractivity (Wildman–Crippen MR) is 344 cm³/mol. The fourth-order valence-electron chi connectivity index (χ4n) is 14.1. The highest BCUT2D eigenvalue weighted by Crippen LogP contribution is 2.58.